The Balaban J connectivity index is 1.69. The molecule has 110 valence electrons. The molecule has 2 aromatic carbocycles. The van der Waals surface area contributed by atoms with Gasteiger partial charge in [0.25, 0.3) is 0 Å². The normalized spacial score (nSPS) is 15.7. The van der Waals surface area contributed by atoms with E-state index in [4.69, 9.17) is 10.5 Å². The second-order valence-corrected chi connectivity index (χ2v) is 5.52. The summed E-state index contributed by atoms with van der Waals surface area (Å²) in [6.07, 6.45) is 0. The number of fused-ring (bicyclic) bond motifs is 1. The summed E-state index contributed by atoms with van der Waals surface area (Å²) in [4.78, 5) is 2.40. The number of rotatable bonds is 5. The zero-order valence-electron chi connectivity index (χ0n) is 12.5. The van der Waals surface area contributed by atoms with Crippen molar-refractivity contribution in [1.29, 1.82) is 0 Å². The molecule has 0 spiro atoms. The first-order valence-electron chi connectivity index (χ1n) is 7.54. The fourth-order valence-corrected chi connectivity index (χ4v) is 2.98. The standard InChI is InChI=1S/C18H22N2O/c1-2-21-18-10-6-5-9-16(18)17(19)13-20-11-14-7-3-4-8-15(14)12-20/h3-10,17H,2,11-13,19H2,1H3. The Bertz CT molecular complexity index is 587. The smallest absolute Gasteiger partial charge is 0.124 e. The molecule has 1 unspecified atom stereocenters. The number of hydrogen-bond acceptors (Lipinski definition) is 3. The lowest BCUT2D eigenvalue weighted by atomic mass is 10.1. The number of nitrogens with zero attached hydrogens (tertiary/aromatic N) is 1. The minimum Gasteiger partial charge on any atom is -0.494 e. The predicted molar refractivity (Wildman–Crippen MR) is 85.1 cm³/mol. The molecule has 1 aliphatic rings. The van der Waals surface area contributed by atoms with Gasteiger partial charge in [0.05, 0.1) is 6.61 Å². The highest BCUT2D eigenvalue weighted by Gasteiger charge is 2.21. The van der Waals surface area contributed by atoms with Gasteiger partial charge in [-0.25, -0.2) is 0 Å². The molecule has 0 aromatic heterocycles. The van der Waals surface area contributed by atoms with Gasteiger partial charge in [-0.05, 0) is 24.1 Å². The summed E-state index contributed by atoms with van der Waals surface area (Å²) < 4.78 is 5.69. The second-order valence-electron chi connectivity index (χ2n) is 5.52. The van der Waals surface area contributed by atoms with Gasteiger partial charge in [-0.15, -0.1) is 0 Å². The SMILES string of the molecule is CCOc1ccccc1C(N)CN1Cc2ccccc2C1. The molecular formula is C18H22N2O. The molecule has 0 saturated heterocycles. The van der Waals surface area contributed by atoms with Crippen LogP contribution in [0.15, 0.2) is 48.5 Å². The molecule has 0 amide bonds. The topological polar surface area (TPSA) is 38.5 Å². The van der Waals surface area contributed by atoms with Crippen LogP contribution in [0.1, 0.15) is 29.7 Å². The predicted octanol–water partition coefficient (Wildman–Crippen LogP) is 3.10. The van der Waals surface area contributed by atoms with Gasteiger partial charge >= 0.3 is 0 Å². The van der Waals surface area contributed by atoms with Crippen LogP contribution in [0, 0.1) is 0 Å². The van der Waals surface area contributed by atoms with Gasteiger partial charge in [0.15, 0.2) is 0 Å². The van der Waals surface area contributed by atoms with Crippen molar-refractivity contribution in [3.63, 3.8) is 0 Å². The van der Waals surface area contributed by atoms with Crippen LogP contribution in [0.5, 0.6) is 5.75 Å². The van der Waals surface area contributed by atoms with Crippen molar-refractivity contribution in [2.75, 3.05) is 13.2 Å². The van der Waals surface area contributed by atoms with Crippen LogP contribution in [0.2, 0.25) is 0 Å². The largest absolute Gasteiger partial charge is 0.494 e. The third-order valence-electron chi connectivity index (χ3n) is 3.98. The molecule has 21 heavy (non-hydrogen) atoms. The van der Waals surface area contributed by atoms with Crippen molar-refractivity contribution in [1.82, 2.24) is 4.90 Å². The molecular weight excluding hydrogens is 260 g/mol. The highest BCUT2D eigenvalue weighted by Crippen LogP contribution is 2.28. The maximum atomic E-state index is 6.42. The average Bonchev–Trinajstić information content (AvgIpc) is 2.90. The Morgan fingerprint density at radius 1 is 1.05 bits per heavy atom. The first-order valence-corrected chi connectivity index (χ1v) is 7.54. The summed E-state index contributed by atoms with van der Waals surface area (Å²) in [6.45, 7) is 5.48. The Labute approximate surface area is 126 Å². The monoisotopic (exact) mass is 282 g/mol. The lowest BCUT2D eigenvalue weighted by molar-refractivity contribution is 0.261. The van der Waals surface area contributed by atoms with Crippen molar-refractivity contribution in [3.8, 4) is 5.75 Å². The summed E-state index contributed by atoms with van der Waals surface area (Å²) in [5.41, 5.74) is 10.4. The highest BCUT2D eigenvalue weighted by molar-refractivity contribution is 5.36. The number of nitrogens with two attached hydrogens (primary N) is 1. The fraction of sp³-hybridized carbons (Fsp3) is 0.333. The minimum absolute atomic E-state index is 0.0259. The molecule has 2 aromatic rings. The molecule has 0 saturated carbocycles. The lowest BCUT2D eigenvalue weighted by Crippen LogP contribution is -2.28. The van der Waals surface area contributed by atoms with Crippen molar-refractivity contribution in [3.05, 3.63) is 65.2 Å². The van der Waals surface area contributed by atoms with E-state index in [-0.39, 0.29) is 6.04 Å². The second kappa shape index (κ2) is 6.29. The molecule has 1 atom stereocenters. The van der Waals surface area contributed by atoms with Crippen LogP contribution in [0.25, 0.3) is 0 Å². The van der Waals surface area contributed by atoms with Crippen LogP contribution in [-0.2, 0) is 13.1 Å². The van der Waals surface area contributed by atoms with E-state index < -0.39 is 0 Å². The molecule has 3 rings (SSSR count). The molecule has 0 aliphatic carbocycles. The quantitative estimate of drug-likeness (QED) is 0.916. The Kier molecular flexibility index (Phi) is 4.23. The summed E-state index contributed by atoms with van der Waals surface area (Å²) in [6, 6.07) is 16.7. The number of hydrogen-bond donors (Lipinski definition) is 1. The van der Waals surface area contributed by atoms with Crippen molar-refractivity contribution in [2.45, 2.75) is 26.1 Å². The number of ether oxygens (including phenoxy) is 1. The van der Waals surface area contributed by atoms with E-state index >= 15 is 0 Å². The van der Waals surface area contributed by atoms with Crippen LogP contribution in [0.4, 0.5) is 0 Å². The number of para-hydroxylation sites is 1. The third-order valence-corrected chi connectivity index (χ3v) is 3.98. The fourth-order valence-electron chi connectivity index (χ4n) is 2.98. The summed E-state index contributed by atoms with van der Waals surface area (Å²) >= 11 is 0. The van der Waals surface area contributed by atoms with Gasteiger partial charge in [-0.3, -0.25) is 4.90 Å². The van der Waals surface area contributed by atoms with Gasteiger partial charge < -0.3 is 10.5 Å². The minimum atomic E-state index is -0.0259. The van der Waals surface area contributed by atoms with E-state index in [0.717, 1.165) is 30.9 Å². The molecule has 0 fully saturated rings. The summed E-state index contributed by atoms with van der Waals surface area (Å²) in [7, 11) is 0. The van der Waals surface area contributed by atoms with Crippen LogP contribution in [0.3, 0.4) is 0 Å². The first kappa shape index (κ1) is 14.1. The Morgan fingerprint density at radius 3 is 2.33 bits per heavy atom. The van der Waals surface area contributed by atoms with E-state index in [2.05, 4.69) is 35.2 Å². The van der Waals surface area contributed by atoms with Crippen molar-refractivity contribution < 1.29 is 4.74 Å². The number of benzene rings is 2. The maximum absolute atomic E-state index is 6.42. The van der Waals surface area contributed by atoms with Crippen LogP contribution < -0.4 is 10.5 Å². The zero-order chi connectivity index (χ0) is 14.7. The van der Waals surface area contributed by atoms with Crippen molar-refractivity contribution in [2.24, 2.45) is 5.73 Å². The van der Waals surface area contributed by atoms with E-state index in [1.807, 2.05) is 25.1 Å². The summed E-state index contributed by atoms with van der Waals surface area (Å²) in [5.74, 6) is 0.907. The van der Waals surface area contributed by atoms with Gasteiger partial charge in [0, 0.05) is 31.2 Å². The summed E-state index contributed by atoms with van der Waals surface area (Å²) in [5, 5.41) is 0. The lowest BCUT2D eigenvalue weighted by Gasteiger charge is -2.22. The maximum Gasteiger partial charge on any atom is 0.124 e. The van der Waals surface area contributed by atoms with Crippen LogP contribution in [-0.4, -0.2) is 18.1 Å². The van der Waals surface area contributed by atoms with Gasteiger partial charge in [-0.1, -0.05) is 42.5 Å². The van der Waals surface area contributed by atoms with E-state index in [1.165, 1.54) is 11.1 Å². The third kappa shape index (κ3) is 3.09. The molecule has 1 aliphatic heterocycles. The molecule has 0 bridgehead atoms. The molecule has 2 N–H and O–H groups in total. The van der Waals surface area contributed by atoms with E-state index in [0.29, 0.717) is 6.61 Å². The molecule has 3 heteroatoms. The first-order chi connectivity index (χ1) is 10.3. The van der Waals surface area contributed by atoms with E-state index in [1.54, 1.807) is 0 Å². The van der Waals surface area contributed by atoms with Gasteiger partial charge in [0.1, 0.15) is 5.75 Å². The van der Waals surface area contributed by atoms with Crippen LogP contribution >= 0.6 is 0 Å². The zero-order valence-corrected chi connectivity index (χ0v) is 12.5. The Hall–Kier alpha value is -1.84. The average molecular weight is 282 g/mol. The Morgan fingerprint density at radius 2 is 1.67 bits per heavy atom. The molecule has 0 radical (unpaired) electrons. The van der Waals surface area contributed by atoms with Gasteiger partial charge in [-0.2, -0.15) is 0 Å². The molecule has 1 heterocycles. The van der Waals surface area contributed by atoms with E-state index in [9.17, 15) is 0 Å². The highest BCUT2D eigenvalue weighted by atomic mass is 16.5. The van der Waals surface area contributed by atoms with Crippen molar-refractivity contribution >= 4 is 0 Å². The van der Waals surface area contributed by atoms with Gasteiger partial charge in [0.2, 0.25) is 0 Å². The molecule has 3 nitrogen and oxygen atoms in total.